The Morgan fingerprint density at radius 1 is 1.30 bits per heavy atom. The summed E-state index contributed by atoms with van der Waals surface area (Å²) in [6.07, 6.45) is 3.53. The molecule has 4 atom stereocenters. The number of hydrogen-bond donors (Lipinski definition) is 2. The van der Waals surface area contributed by atoms with E-state index in [1.54, 1.807) is 12.1 Å². The zero-order valence-electron chi connectivity index (χ0n) is 12.5. The van der Waals surface area contributed by atoms with Gasteiger partial charge in [0.1, 0.15) is 0 Å². The minimum atomic E-state index is -0.336. The summed E-state index contributed by atoms with van der Waals surface area (Å²) in [5, 5.41) is 0. The number of rotatable bonds is 4. The second kappa shape index (κ2) is 6.55. The fraction of sp³-hybridized carbons (Fsp3) is 0.625. The first-order chi connectivity index (χ1) is 9.56. The highest BCUT2D eigenvalue weighted by Gasteiger charge is 2.30. The largest absolute Gasteiger partial charge is 0.494 e. The molecule has 4 unspecified atom stereocenters. The normalized spacial score (nSPS) is 28.1. The minimum absolute atomic E-state index is 0.0550. The number of halogens is 1. The van der Waals surface area contributed by atoms with Crippen molar-refractivity contribution in [1.82, 2.24) is 5.43 Å². The zero-order valence-corrected chi connectivity index (χ0v) is 12.5. The number of nitrogens with one attached hydrogen (secondary N) is 1. The van der Waals surface area contributed by atoms with Crippen molar-refractivity contribution in [3.05, 3.63) is 29.6 Å². The second-order valence-electron chi connectivity index (χ2n) is 6.07. The van der Waals surface area contributed by atoms with Crippen LogP contribution in [0.25, 0.3) is 0 Å². The molecule has 0 aliphatic heterocycles. The van der Waals surface area contributed by atoms with E-state index in [1.807, 2.05) is 0 Å². The third kappa shape index (κ3) is 3.13. The van der Waals surface area contributed by atoms with Crippen molar-refractivity contribution in [2.75, 3.05) is 7.11 Å². The Hall–Kier alpha value is -1.13. The highest BCUT2D eigenvalue weighted by atomic mass is 19.1. The molecule has 0 spiro atoms. The van der Waals surface area contributed by atoms with Gasteiger partial charge in [0, 0.05) is 6.04 Å². The van der Waals surface area contributed by atoms with Gasteiger partial charge in [-0.3, -0.25) is 11.3 Å². The molecule has 0 radical (unpaired) electrons. The number of hydrogen-bond acceptors (Lipinski definition) is 3. The summed E-state index contributed by atoms with van der Waals surface area (Å²) >= 11 is 0. The quantitative estimate of drug-likeness (QED) is 0.656. The summed E-state index contributed by atoms with van der Waals surface area (Å²) in [5.74, 6) is 7.66. The number of ether oxygens (including phenoxy) is 1. The SMILES string of the molecule is COc1cc(C(NN)C2CCC(C)C(C)C2)ccc1F. The van der Waals surface area contributed by atoms with Crippen molar-refractivity contribution in [3.8, 4) is 5.75 Å². The van der Waals surface area contributed by atoms with Crippen molar-refractivity contribution >= 4 is 0 Å². The number of hydrazine groups is 1. The van der Waals surface area contributed by atoms with Crippen LogP contribution in [-0.4, -0.2) is 7.11 Å². The van der Waals surface area contributed by atoms with Crippen LogP contribution < -0.4 is 16.0 Å². The van der Waals surface area contributed by atoms with Crippen LogP contribution in [0.2, 0.25) is 0 Å². The highest BCUT2D eigenvalue weighted by molar-refractivity contribution is 5.32. The zero-order chi connectivity index (χ0) is 14.7. The van der Waals surface area contributed by atoms with E-state index in [0.717, 1.165) is 24.3 Å². The predicted molar refractivity (Wildman–Crippen MR) is 78.7 cm³/mol. The molecular weight excluding hydrogens is 255 g/mol. The van der Waals surface area contributed by atoms with Crippen LogP contribution in [0.15, 0.2) is 18.2 Å². The molecule has 4 heteroatoms. The molecule has 1 fully saturated rings. The van der Waals surface area contributed by atoms with Gasteiger partial charge in [-0.1, -0.05) is 26.3 Å². The standard InChI is InChI=1S/C16H25FN2O/c1-10-4-5-12(8-11(10)2)16(19-18)13-6-7-14(17)15(9-13)20-3/h6-7,9-12,16,19H,4-5,8,18H2,1-3H3. The van der Waals surface area contributed by atoms with Gasteiger partial charge in [-0.05, 0) is 48.3 Å². The summed E-state index contributed by atoms with van der Waals surface area (Å²) in [4.78, 5) is 0. The van der Waals surface area contributed by atoms with Crippen molar-refractivity contribution in [3.63, 3.8) is 0 Å². The van der Waals surface area contributed by atoms with Crippen molar-refractivity contribution in [2.24, 2.45) is 23.6 Å². The summed E-state index contributed by atoms with van der Waals surface area (Å²) in [7, 11) is 1.48. The molecule has 20 heavy (non-hydrogen) atoms. The fourth-order valence-corrected chi connectivity index (χ4v) is 3.27. The average molecular weight is 280 g/mol. The molecule has 1 aliphatic carbocycles. The van der Waals surface area contributed by atoms with Gasteiger partial charge in [-0.15, -0.1) is 0 Å². The molecule has 0 bridgehead atoms. The maximum absolute atomic E-state index is 13.5. The summed E-state index contributed by atoms with van der Waals surface area (Å²) in [5.41, 5.74) is 3.91. The maximum atomic E-state index is 13.5. The van der Waals surface area contributed by atoms with Gasteiger partial charge < -0.3 is 4.74 Å². The summed E-state index contributed by atoms with van der Waals surface area (Å²) in [6, 6.07) is 5.06. The lowest BCUT2D eigenvalue weighted by Gasteiger charge is -2.36. The summed E-state index contributed by atoms with van der Waals surface area (Å²) < 4.78 is 18.6. The van der Waals surface area contributed by atoms with E-state index in [9.17, 15) is 4.39 Å². The number of benzene rings is 1. The topological polar surface area (TPSA) is 47.3 Å². The lowest BCUT2D eigenvalue weighted by molar-refractivity contribution is 0.171. The number of nitrogens with two attached hydrogens (primary N) is 1. The molecule has 0 heterocycles. The fourth-order valence-electron chi connectivity index (χ4n) is 3.27. The van der Waals surface area contributed by atoms with Gasteiger partial charge in [0.25, 0.3) is 0 Å². The first-order valence-electron chi connectivity index (χ1n) is 7.36. The van der Waals surface area contributed by atoms with E-state index < -0.39 is 0 Å². The number of methoxy groups -OCH3 is 1. The van der Waals surface area contributed by atoms with E-state index in [4.69, 9.17) is 10.6 Å². The van der Waals surface area contributed by atoms with Crippen molar-refractivity contribution in [1.29, 1.82) is 0 Å². The predicted octanol–water partition coefficient (Wildman–Crippen LogP) is 3.41. The monoisotopic (exact) mass is 280 g/mol. The first kappa shape index (κ1) is 15.3. The van der Waals surface area contributed by atoms with Gasteiger partial charge >= 0.3 is 0 Å². The smallest absolute Gasteiger partial charge is 0.165 e. The van der Waals surface area contributed by atoms with E-state index >= 15 is 0 Å². The lowest BCUT2D eigenvalue weighted by atomic mass is 9.72. The molecule has 2 rings (SSSR count). The second-order valence-corrected chi connectivity index (χ2v) is 6.07. The molecule has 1 aromatic rings. The lowest BCUT2D eigenvalue weighted by Crippen LogP contribution is -2.36. The first-order valence-corrected chi connectivity index (χ1v) is 7.36. The van der Waals surface area contributed by atoms with Crippen molar-refractivity contribution < 1.29 is 9.13 Å². The van der Waals surface area contributed by atoms with Crippen LogP contribution in [0.3, 0.4) is 0 Å². The van der Waals surface area contributed by atoms with Crippen LogP contribution in [0.5, 0.6) is 5.75 Å². The van der Waals surface area contributed by atoms with E-state index in [-0.39, 0.29) is 17.6 Å². The van der Waals surface area contributed by atoms with Crippen LogP contribution >= 0.6 is 0 Å². The molecule has 0 aromatic heterocycles. The minimum Gasteiger partial charge on any atom is -0.494 e. The van der Waals surface area contributed by atoms with Crippen LogP contribution in [0.4, 0.5) is 4.39 Å². The Kier molecular flexibility index (Phi) is 5.00. The molecule has 3 nitrogen and oxygen atoms in total. The Labute approximate surface area is 120 Å². The Bertz CT molecular complexity index is 452. The van der Waals surface area contributed by atoms with Crippen LogP contribution in [0.1, 0.15) is 44.7 Å². The molecule has 1 saturated carbocycles. The molecular formula is C16H25FN2O. The van der Waals surface area contributed by atoms with Gasteiger partial charge in [-0.2, -0.15) is 0 Å². The van der Waals surface area contributed by atoms with Gasteiger partial charge in [0.05, 0.1) is 7.11 Å². The molecule has 0 saturated heterocycles. The average Bonchev–Trinajstić information content (AvgIpc) is 2.45. The van der Waals surface area contributed by atoms with E-state index in [1.165, 1.54) is 19.6 Å². The van der Waals surface area contributed by atoms with E-state index in [2.05, 4.69) is 19.3 Å². The van der Waals surface area contributed by atoms with Crippen molar-refractivity contribution in [2.45, 2.75) is 39.2 Å². The Morgan fingerprint density at radius 3 is 2.65 bits per heavy atom. The summed E-state index contributed by atoms with van der Waals surface area (Å²) in [6.45, 7) is 4.61. The molecule has 112 valence electrons. The molecule has 3 N–H and O–H groups in total. The van der Waals surface area contributed by atoms with Gasteiger partial charge in [-0.25, -0.2) is 4.39 Å². The van der Waals surface area contributed by atoms with E-state index in [0.29, 0.717) is 11.8 Å². The van der Waals surface area contributed by atoms with Crippen LogP contribution in [-0.2, 0) is 0 Å². The van der Waals surface area contributed by atoms with Gasteiger partial charge in [0.15, 0.2) is 11.6 Å². The third-order valence-corrected chi connectivity index (χ3v) is 4.82. The van der Waals surface area contributed by atoms with Crippen LogP contribution in [0, 0.1) is 23.6 Å². The van der Waals surface area contributed by atoms with Gasteiger partial charge in [0.2, 0.25) is 0 Å². The maximum Gasteiger partial charge on any atom is 0.165 e. The highest BCUT2D eigenvalue weighted by Crippen LogP contribution is 2.40. The molecule has 1 aliphatic rings. The Morgan fingerprint density at radius 2 is 2.05 bits per heavy atom. The molecule has 1 aromatic carbocycles. The molecule has 0 amide bonds. The Balaban J connectivity index is 2.19. The third-order valence-electron chi connectivity index (χ3n) is 4.82.